The molecule has 0 radical (unpaired) electrons. The van der Waals surface area contributed by atoms with E-state index in [2.05, 4.69) is 27.5 Å². The summed E-state index contributed by atoms with van der Waals surface area (Å²) < 4.78 is 15.3. The predicted octanol–water partition coefficient (Wildman–Crippen LogP) is 2.49. The Hall–Kier alpha value is -2.67. The van der Waals surface area contributed by atoms with Gasteiger partial charge in [0.05, 0.1) is 11.4 Å². The third kappa shape index (κ3) is 3.28. The summed E-state index contributed by atoms with van der Waals surface area (Å²) in [5.41, 5.74) is 1.05. The number of carbonyl (C=O) groups is 1. The van der Waals surface area contributed by atoms with Crippen molar-refractivity contribution in [2.24, 2.45) is 0 Å². The van der Waals surface area contributed by atoms with Crippen LogP contribution >= 0.6 is 0 Å². The topological polar surface area (TPSA) is 53.4 Å². The Morgan fingerprint density at radius 1 is 1.28 bits per heavy atom. The third-order valence-corrected chi connectivity index (χ3v) is 4.76. The summed E-state index contributed by atoms with van der Waals surface area (Å²) in [5.74, 6) is -0.395. The van der Waals surface area contributed by atoms with Crippen LogP contribution in [0.5, 0.6) is 0 Å². The zero-order valence-electron chi connectivity index (χ0n) is 13.8. The van der Waals surface area contributed by atoms with Crippen molar-refractivity contribution in [1.29, 1.82) is 0 Å². The molecule has 0 bridgehead atoms. The van der Waals surface area contributed by atoms with Gasteiger partial charge in [-0.2, -0.15) is 5.10 Å². The van der Waals surface area contributed by atoms with Crippen LogP contribution in [0.1, 0.15) is 6.42 Å². The van der Waals surface area contributed by atoms with E-state index >= 15 is 0 Å². The second kappa shape index (κ2) is 6.68. The van der Waals surface area contributed by atoms with E-state index in [9.17, 15) is 9.18 Å². The van der Waals surface area contributed by atoms with Crippen LogP contribution in [-0.4, -0.2) is 57.8 Å². The molecule has 1 atom stereocenters. The van der Waals surface area contributed by atoms with Crippen LogP contribution in [0.2, 0.25) is 0 Å². The number of carbonyl (C=O) groups excluding carboxylic acids is 1. The summed E-state index contributed by atoms with van der Waals surface area (Å²) in [4.78, 5) is 16.8. The number of nitrogens with one attached hydrogen (secondary N) is 1. The Morgan fingerprint density at radius 3 is 2.88 bits per heavy atom. The highest BCUT2D eigenvalue weighted by atomic mass is 19.1. The van der Waals surface area contributed by atoms with Crippen LogP contribution in [0.3, 0.4) is 0 Å². The van der Waals surface area contributed by atoms with E-state index < -0.39 is 5.82 Å². The van der Waals surface area contributed by atoms with Crippen LogP contribution in [0.25, 0.3) is 5.69 Å². The number of benzene rings is 1. The first-order chi connectivity index (χ1) is 12.2. The number of rotatable bonds is 3. The summed E-state index contributed by atoms with van der Waals surface area (Å²) in [6.07, 6.45) is 8.68. The molecule has 130 valence electrons. The first-order valence-electron chi connectivity index (χ1n) is 8.45. The lowest BCUT2D eigenvalue weighted by Crippen LogP contribution is -2.39. The molecule has 1 aromatic heterocycles. The zero-order chi connectivity index (χ0) is 17.2. The molecule has 2 aliphatic heterocycles. The van der Waals surface area contributed by atoms with Crippen molar-refractivity contribution >= 4 is 11.7 Å². The van der Waals surface area contributed by atoms with Gasteiger partial charge < -0.3 is 10.2 Å². The molecule has 25 heavy (non-hydrogen) atoms. The van der Waals surface area contributed by atoms with Gasteiger partial charge in [-0.05, 0) is 30.7 Å². The van der Waals surface area contributed by atoms with Crippen LogP contribution in [0.15, 0.2) is 48.8 Å². The molecule has 1 fully saturated rings. The van der Waals surface area contributed by atoms with E-state index in [0.29, 0.717) is 30.5 Å². The van der Waals surface area contributed by atoms with E-state index in [4.69, 9.17) is 0 Å². The Bertz CT molecular complexity index is 781. The van der Waals surface area contributed by atoms with Gasteiger partial charge in [0.1, 0.15) is 5.82 Å². The van der Waals surface area contributed by atoms with E-state index in [1.807, 2.05) is 0 Å². The molecule has 2 aromatic rings. The molecule has 7 heteroatoms. The Labute approximate surface area is 145 Å². The van der Waals surface area contributed by atoms with Crippen molar-refractivity contribution in [1.82, 2.24) is 19.6 Å². The molecule has 2 aliphatic rings. The number of nitrogens with zero attached hydrogens (tertiary/aromatic N) is 4. The van der Waals surface area contributed by atoms with E-state index in [1.165, 1.54) is 12.1 Å². The SMILES string of the molecule is O=C(Nc1cc(F)ccc1-n1cccn1)N1CC[C@H](N2CC=CC2)C1. The minimum absolute atomic E-state index is 0.200. The minimum Gasteiger partial charge on any atom is -0.323 e. The van der Waals surface area contributed by atoms with Crippen molar-refractivity contribution in [2.45, 2.75) is 12.5 Å². The van der Waals surface area contributed by atoms with Gasteiger partial charge >= 0.3 is 6.03 Å². The highest BCUT2D eigenvalue weighted by Crippen LogP contribution is 2.23. The Kier molecular flexibility index (Phi) is 4.23. The second-order valence-electron chi connectivity index (χ2n) is 6.36. The number of anilines is 1. The molecule has 1 N–H and O–H groups in total. The molecule has 6 nitrogen and oxygen atoms in total. The average Bonchev–Trinajstić information content (AvgIpc) is 3.35. The first-order valence-corrected chi connectivity index (χ1v) is 8.45. The van der Waals surface area contributed by atoms with Crippen molar-refractivity contribution in [3.05, 3.63) is 54.6 Å². The maximum Gasteiger partial charge on any atom is 0.321 e. The van der Waals surface area contributed by atoms with Gasteiger partial charge in [0.15, 0.2) is 0 Å². The van der Waals surface area contributed by atoms with Gasteiger partial charge in [-0.3, -0.25) is 4.90 Å². The van der Waals surface area contributed by atoms with Crippen LogP contribution in [0.4, 0.5) is 14.9 Å². The Balaban J connectivity index is 1.47. The maximum absolute atomic E-state index is 13.7. The molecule has 0 aliphatic carbocycles. The van der Waals surface area contributed by atoms with Gasteiger partial charge in [-0.25, -0.2) is 13.9 Å². The number of amides is 2. The van der Waals surface area contributed by atoms with Crippen LogP contribution in [0, 0.1) is 5.82 Å². The molecule has 1 saturated heterocycles. The molecule has 0 saturated carbocycles. The monoisotopic (exact) mass is 341 g/mol. The van der Waals surface area contributed by atoms with Crippen molar-refractivity contribution in [2.75, 3.05) is 31.5 Å². The fourth-order valence-electron chi connectivity index (χ4n) is 3.43. The van der Waals surface area contributed by atoms with Crippen LogP contribution in [-0.2, 0) is 0 Å². The molecular weight excluding hydrogens is 321 g/mol. The van der Waals surface area contributed by atoms with E-state index in [1.54, 1.807) is 34.1 Å². The molecule has 0 spiro atoms. The highest BCUT2D eigenvalue weighted by Gasteiger charge is 2.30. The highest BCUT2D eigenvalue weighted by molar-refractivity contribution is 5.91. The van der Waals surface area contributed by atoms with Gasteiger partial charge in [0, 0.05) is 44.6 Å². The predicted molar refractivity (Wildman–Crippen MR) is 93.2 cm³/mol. The smallest absolute Gasteiger partial charge is 0.321 e. The number of hydrogen-bond donors (Lipinski definition) is 1. The quantitative estimate of drug-likeness (QED) is 0.873. The van der Waals surface area contributed by atoms with Crippen LogP contribution < -0.4 is 5.32 Å². The molecule has 4 rings (SSSR count). The van der Waals surface area contributed by atoms with Gasteiger partial charge in [-0.1, -0.05) is 12.2 Å². The van der Waals surface area contributed by atoms with Gasteiger partial charge in [-0.15, -0.1) is 0 Å². The average molecular weight is 341 g/mol. The maximum atomic E-state index is 13.7. The first kappa shape index (κ1) is 15.8. The molecular formula is C18H20FN5O. The second-order valence-corrected chi connectivity index (χ2v) is 6.36. The van der Waals surface area contributed by atoms with E-state index in [0.717, 1.165) is 19.5 Å². The molecule has 3 heterocycles. The number of hydrogen-bond acceptors (Lipinski definition) is 3. The summed E-state index contributed by atoms with van der Waals surface area (Å²) in [6.45, 7) is 3.31. The number of likely N-dealkylation sites (tertiary alicyclic amines) is 1. The molecule has 2 amide bonds. The lowest BCUT2D eigenvalue weighted by Gasteiger charge is -2.24. The normalized spacial score (nSPS) is 20.4. The van der Waals surface area contributed by atoms with Crippen molar-refractivity contribution in [3.8, 4) is 5.69 Å². The van der Waals surface area contributed by atoms with Crippen molar-refractivity contribution < 1.29 is 9.18 Å². The lowest BCUT2D eigenvalue weighted by atomic mass is 10.2. The fraction of sp³-hybridized carbons (Fsp3) is 0.333. The zero-order valence-corrected chi connectivity index (χ0v) is 13.8. The third-order valence-electron chi connectivity index (χ3n) is 4.76. The summed E-state index contributed by atoms with van der Waals surface area (Å²) in [7, 11) is 0. The lowest BCUT2D eigenvalue weighted by molar-refractivity contribution is 0.212. The summed E-state index contributed by atoms with van der Waals surface area (Å²) in [6, 6.07) is 6.27. The van der Waals surface area contributed by atoms with E-state index in [-0.39, 0.29) is 6.03 Å². The minimum atomic E-state index is -0.395. The largest absolute Gasteiger partial charge is 0.323 e. The number of aromatic nitrogens is 2. The molecule has 1 aromatic carbocycles. The number of urea groups is 1. The van der Waals surface area contributed by atoms with Gasteiger partial charge in [0.2, 0.25) is 0 Å². The van der Waals surface area contributed by atoms with Gasteiger partial charge in [0.25, 0.3) is 0 Å². The standard InChI is InChI=1S/C18H20FN5O/c19-14-4-5-17(24-10-3-7-20-24)16(12-14)21-18(25)23-11-6-15(13-23)22-8-1-2-9-22/h1-5,7,10,12,15H,6,8-9,11,13H2,(H,21,25)/t15-/m0/s1. The van der Waals surface area contributed by atoms with Crippen molar-refractivity contribution in [3.63, 3.8) is 0 Å². The fourth-order valence-corrected chi connectivity index (χ4v) is 3.43. The Morgan fingerprint density at radius 2 is 2.12 bits per heavy atom. The number of halogens is 1. The summed E-state index contributed by atoms with van der Waals surface area (Å²) >= 11 is 0. The molecule has 0 unspecified atom stereocenters. The summed E-state index contributed by atoms with van der Waals surface area (Å²) in [5, 5.41) is 7.01.